The molecule has 2 aromatic carbocycles. The van der Waals surface area contributed by atoms with Gasteiger partial charge in [-0.2, -0.15) is 4.31 Å². The van der Waals surface area contributed by atoms with E-state index in [1.165, 1.54) is 19.2 Å². The molecule has 0 aliphatic carbocycles. The number of hydrogen-bond donors (Lipinski definition) is 1. The first kappa shape index (κ1) is 27.8. The quantitative estimate of drug-likeness (QED) is 0.357. The van der Waals surface area contributed by atoms with Crippen LogP contribution in [0.5, 0.6) is 5.88 Å². The minimum absolute atomic E-state index is 0.0467. The molecule has 0 unspecified atom stereocenters. The number of carbonyl (C=O) groups excluding carboxylic acids is 1. The summed E-state index contributed by atoms with van der Waals surface area (Å²) in [6.45, 7) is 3.49. The highest BCUT2D eigenvalue weighted by Crippen LogP contribution is 2.33. The Morgan fingerprint density at radius 3 is 2.60 bits per heavy atom. The number of aliphatic hydroxyl groups excluding tert-OH is 1. The van der Waals surface area contributed by atoms with E-state index in [9.17, 15) is 22.7 Å². The first-order chi connectivity index (χ1) is 19.1. The maximum absolute atomic E-state index is 13.7. The minimum atomic E-state index is -3.94. The summed E-state index contributed by atoms with van der Waals surface area (Å²) in [6, 6.07) is 15.2. The first-order valence-electron chi connectivity index (χ1n) is 12.9. The lowest BCUT2D eigenvalue weighted by Crippen LogP contribution is -2.50. The van der Waals surface area contributed by atoms with Crippen LogP contribution in [0.25, 0.3) is 22.3 Å². The molecule has 1 amide bonds. The molecule has 0 spiro atoms. The van der Waals surface area contributed by atoms with Crippen molar-refractivity contribution in [3.63, 3.8) is 0 Å². The molecular formula is C29H30FN3O6S. The van der Waals surface area contributed by atoms with Crippen molar-refractivity contribution in [2.75, 3.05) is 26.7 Å². The number of aliphatic hydroxyl groups is 1. The number of rotatable bonds is 7. The third-order valence-corrected chi connectivity index (χ3v) is 9.03. The fraction of sp³-hybridized carbons (Fsp3) is 0.310. The Labute approximate surface area is 231 Å². The van der Waals surface area contributed by atoms with Crippen molar-refractivity contribution in [3.05, 3.63) is 78.2 Å². The van der Waals surface area contributed by atoms with E-state index < -0.39 is 28.0 Å². The summed E-state index contributed by atoms with van der Waals surface area (Å²) in [5, 5.41) is 10.8. The number of likely N-dealkylation sites (N-methyl/N-ethyl adjacent to an activating group) is 1. The number of aromatic nitrogens is 1. The van der Waals surface area contributed by atoms with Crippen LogP contribution < -0.4 is 4.74 Å². The van der Waals surface area contributed by atoms with E-state index in [1.807, 2.05) is 37.3 Å². The van der Waals surface area contributed by atoms with Gasteiger partial charge in [0.05, 0.1) is 24.1 Å². The zero-order chi connectivity index (χ0) is 28.6. The van der Waals surface area contributed by atoms with Gasteiger partial charge in [-0.05, 0) is 49.4 Å². The van der Waals surface area contributed by atoms with Gasteiger partial charge >= 0.3 is 0 Å². The molecule has 9 nitrogen and oxygen atoms in total. The highest BCUT2D eigenvalue weighted by molar-refractivity contribution is 7.89. The summed E-state index contributed by atoms with van der Waals surface area (Å²) >= 11 is 0. The molecule has 0 saturated carbocycles. The molecular weight excluding hydrogens is 537 g/mol. The summed E-state index contributed by atoms with van der Waals surface area (Å²) in [5.74, 6) is -0.633. The fourth-order valence-corrected chi connectivity index (χ4v) is 5.90. The van der Waals surface area contributed by atoms with Crippen molar-refractivity contribution in [3.8, 4) is 17.2 Å². The van der Waals surface area contributed by atoms with E-state index in [0.29, 0.717) is 16.9 Å². The van der Waals surface area contributed by atoms with Crippen molar-refractivity contribution in [2.45, 2.75) is 30.9 Å². The van der Waals surface area contributed by atoms with Crippen LogP contribution in [0.2, 0.25) is 0 Å². The second-order valence-corrected chi connectivity index (χ2v) is 12.1. The average Bonchev–Trinajstić information content (AvgIpc) is 3.39. The highest BCUT2D eigenvalue weighted by atomic mass is 32.2. The van der Waals surface area contributed by atoms with Crippen LogP contribution in [-0.4, -0.2) is 72.5 Å². The number of hydrogen-bond acceptors (Lipinski definition) is 7. The Bertz CT molecular complexity index is 1610. The molecule has 1 aliphatic rings. The van der Waals surface area contributed by atoms with Gasteiger partial charge in [0, 0.05) is 36.7 Å². The van der Waals surface area contributed by atoms with Crippen molar-refractivity contribution in [1.82, 2.24) is 14.2 Å². The number of furan rings is 1. The zero-order valence-electron chi connectivity index (χ0n) is 22.3. The van der Waals surface area contributed by atoms with Gasteiger partial charge in [-0.25, -0.2) is 17.8 Å². The van der Waals surface area contributed by atoms with Gasteiger partial charge in [-0.15, -0.1) is 0 Å². The number of benzene rings is 2. The van der Waals surface area contributed by atoms with Gasteiger partial charge in [0.2, 0.25) is 15.9 Å². The molecule has 0 radical (unpaired) electrons. The summed E-state index contributed by atoms with van der Waals surface area (Å²) in [4.78, 5) is 19.7. The molecule has 3 atom stereocenters. The molecule has 0 bridgehead atoms. The number of fused-ring (bicyclic) bond motifs is 2. The standard InChI is InChI=1S/C29H30FN3O6S/c1-18-15-33(19(2)17-34)29(35)24-12-21(26-13-20-6-4-5-7-25(20)38-26)14-31-28(24)39-27(18)16-32(3)40(36,37)23-10-8-22(30)9-11-23/h4-14,18-19,27,34H,15-17H2,1-3H3/t18-,19+,27-/m0/s1. The monoisotopic (exact) mass is 567 g/mol. The maximum atomic E-state index is 13.7. The van der Waals surface area contributed by atoms with Crippen molar-refractivity contribution >= 4 is 26.9 Å². The molecule has 11 heteroatoms. The number of pyridine rings is 1. The van der Waals surface area contributed by atoms with E-state index in [0.717, 1.165) is 21.8 Å². The van der Waals surface area contributed by atoms with Crippen LogP contribution in [0.3, 0.4) is 0 Å². The van der Waals surface area contributed by atoms with Gasteiger partial charge < -0.3 is 19.2 Å². The number of sulfonamides is 1. The maximum Gasteiger partial charge on any atom is 0.259 e. The van der Waals surface area contributed by atoms with Crippen LogP contribution in [0.1, 0.15) is 24.2 Å². The van der Waals surface area contributed by atoms with Gasteiger partial charge in [0.15, 0.2) is 0 Å². The van der Waals surface area contributed by atoms with Crippen LogP contribution in [0.15, 0.2) is 76.2 Å². The first-order valence-corrected chi connectivity index (χ1v) is 14.3. The number of amides is 1. The minimum Gasteiger partial charge on any atom is -0.472 e. The molecule has 4 aromatic rings. The number of halogens is 1. The Morgan fingerprint density at radius 1 is 1.18 bits per heavy atom. The van der Waals surface area contributed by atoms with Crippen molar-refractivity contribution < 1.29 is 31.9 Å². The number of nitrogens with zero attached hydrogens (tertiary/aromatic N) is 3. The topological polar surface area (TPSA) is 113 Å². The number of carbonyl (C=O) groups is 1. The van der Waals surface area contributed by atoms with Gasteiger partial charge in [-0.3, -0.25) is 4.79 Å². The molecule has 3 heterocycles. The highest BCUT2D eigenvalue weighted by Gasteiger charge is 2.36. The Morgan fingerprint density at radius 2 is 1.90 bits per heavy atom. The van der Waals surface area contributed by atoms with Crippen LogP contribution in [0.4, 0.5) is 4.39 Å². The van der Waals surface area contributed by atoms with E-state index >= 15 is 0 Å². The molecule has 0 fully saturated rings. The molecule has 1 N–H and O–H groups in total. The number of ether oxygens (including phenoxy) is 1. The smallest absolute Gasteiger partial charge is 0.259 e. The summed E-state index contributed by atoms with van der Waals surface area (Å²) in [5.41, 5.74) is 1.45. The Kier molecular flexibility index (Phi) is 7.63. The Balaban J connectivity index is 1.51. The third kappa shape index (κ3) is 5.32. The van der Waals surface area contributed by atoms with Crippen molar-refractivity contribution in [2.24, 2.45) is 5.92 Å². The lowest BCUT2D eigenvalue weighted by Gasteiger charge is -2.37. The third-order valence-electron chi connectivity index (χ3n) is 7.19. The predicted molar refractivity (Wildman–Crippen MR) is 147 cm³/mol. The largest absolute Gasteiger partial charge is 0.472 e. The van der Waals surface area contributed by atoms with Crippen molar-refractivity contribution in [1.29, 1.82) is 0 Å². The molecule has 2 aromatic heterocycles. The summed E-state index contributed by atoms with van der Waals surface area (Å²) in [6.07, 6.45) is 0.858. The molecule has 0 saturated heterocycles. The predicted octanol–water partition coefficient (Wildman–Crippen LogP) is 4.17. The van der Waals surface area contributed by atoms with Gasteiger partial charge in [0.25, 0.3) is 5.91 Å². The number of para-hydroxylation sites is 1. The zero-order valence-corrected chi connectivity index (χ0v) is 23.1. The lowest BCUT2D eigenvalue weighted by molar-refractivity contribution is 0.0373. The van der Waals surface area contributed by atoms with Gasteiger partial charge in [-0.1, -0.05) is 25.1 Å². The lowest BCUT2D eigenvalue weighted by atomic mass is 10.00. The van der Waals surface area contributed by atoms with Crippen LogP contribution in [0, 0.1) is 11.7 Å². The Hall–Kier alpha value is -3.80. The van der Waals surface area contributed by atoms with E-state index in [1.54, 1.807) is 24.1 Å². The average molecular weight is 568 g/mol. The van der Waals surface area contributed by atoms with Gasteiger partial charge in [0.1, 0.15) is 28.8 Å². The SMILES string of the molecule is C[C@H](CO)N1C[C@H](C)[C@H](CN(C)S(=O)(=O)c2ccc(F)cc2)Oc2ncc(-c3cc4ccccc4o3)cc2C1=O. The van der Waals surface area contributed by atoms with E-state index in [2.05, 4.69) is 4.98 Å². The summed E-state index contributed by atoms with van der Waals surface area (Å²) in [7, 11) is -2.52. The molecule has 5 rings (SSSR count). The molecule has 40 heavy (non-hydrogen) atoms. The fourth-order valence-electron chi connectivity index (χ4n) is 4.72. The second-order valence-electron chi connectivity index (χ2n) is 10.1. The normalized spacial score (nSPS) is 18.8. The van der Waals surface area contributed by atoms with E-state index in [4.69, 9.17) is 9.15 Å². The summed E-state index contributed by atoms with van der Waals surface area (Å²) < 4.78 is 53.1. The van der Waals surface area contributed by atoms with Crippen LogP contribution in [-0.2, 0) is 10.0 Å². The molecule has 210 valence electrons. The van der Waals surface area contributed by atoms with Crippen LogP contribution >= 0.6 is 0 Å². The van der Waals surface area contributed by atoms with E-state index in [-0.39, 0.29) is 47.9 Å². The molecule has 1 aliphatic heterocycles. The second kappa shape index (κ2) is 11.0.